The Labute approximate surface area is 184 Å². The van der Waals surface area contributed by atoms with Gasteiger partial charge in [0, 0.05) is 62.6 Å². The number of aryl methyl sites for hydroxylation is 1. The van der Waals surface area contributed by atoms with E-state index in [1.807, 2.05) is 19.1 Å². The molecule has 10 heteroatoms. The number of aromatic nitrogens is 3. The lowest BCUT2D eigenvalue weighted by molar-refractivity contribution is -0.384. The molecule has 164 valence electrons. The number of nitro benzene ring substituents is 1. The van der Waals surface area contributed by atoms with Crippen LogP contribution in [0, 0.1) is 10.1 Å². The zero-order chi connectivity index (χ0) is 22.5. The summed E-state index contributed by atoms with van der Waals surface area (Å²) in [7, 11) is 0. The molecule has 0 saturated carbocycles. The van der Waals surface area contributed by atoms with Crippen LogP contribution in [0.3, 0.4) is 0 Å². The number of hydrogen-bond donors (Lipinski definition) is 0. The molecule has 1 aromatic carbocycles. The summed E-state index contributed by atoms with van der Waals surface area (Å²) in [6.07, 6.45) is 5.58. The molecule has 4 rings (SSSR count). The van der Waals surface area contributed by atoms with Gasteiger partial charge in [0.2, 0.25) is 17.6 Å². The number of nitrogens with zero attached hydrogens (tertiary/aromatic N) is 6. The monoisotopic (exact) mass is 434 g/mol. The second-order valence-electron chi connectivity index (χ2n) is 7.26. The van der Waals surface area contributed by atoms with Crippen LogP contribution in [0.4, 0.5) is 11.5 Å². The molecule has 1 aliphatic rings. The van der Waals surface area contributed by atoms with Crippen LogP contribution in [-0.2, 0) is 11.2 Å². The smallest absolute Gasteiger partial charge is 0.269 e. The van der Waals surface area contributed by atoms with Crippen molar-refractivity contribution in [2.24, 2.45) is 0 Å². The molecule has 10 nitrogen and oxygen atoms in total. The first-order chi connectivity index (χ1) is 15.5. The number of carbonyl (C=O) groups excluding carboxylic acids is 1. The van der Waals surface area contributed by atoms with Crippen LogP contribution < -0.4 is 4.90 Å². The number of hydrogen-bond acceptors (Lipinski definition) is 8. The largest absolute Gasteiger partial charge is 0.353 e. The number of anilines is 1. The van der Waals surface area contributed by atoms with Gasteiger partial charge in [0.25, 0.3) is 5.69 Å². The number of nitro groups is 1. The average Bonchev–Trinajstić information content (AvgIpc) is 3.32. The molecule has 32 heavy (non-hydrogen) atoms. The van der Waals surface area contributed by atoms with Crippen LogP contribution in [0.2, 0.25) is 0 Å². The van der Waals surface area contributed by atoms with E-state index >= 15 is 0 Å². The Morgan fingerprint density at radius 2 is 1.91 bits per heavy atom. The maximum Gasteiger partial charge on any atom is 0.269 e. The van der Waals surface area contributed by atoms with Gasteiger partial charge in [0.15, 0.2) is 0 Å². The molecule has 1 saturated heterocycles. The Balaban J connectivity index is 1.31. The molecule has 2 aromatic heterocycles. The molecule has 0 N–H and O–H groups in total. The standard InChI is InChI=1S/C22H22N6O4/c1-2-20-24-22(25-32-20)17-6-9-19(23-15-17)26-11-13-27(14-12-26)21(29)10-5-16-3-7-18(8-4-16)28(30)31/h3-10,15H,2,11-14H2,1H3/b10-5-. The first kappa shape index (κ1) is 21.2. The van der Waals surface area contributed by atoms with Gasteiger partial charge in [-0.15, -0.1) is 0 Å². The van der Waals surface area contributed by atoms with Crippen LogP contribution in [-0.4, -0.2) is 57.0 Å². The van der Waals surface area contributed by atoms with E-state index in [1.54, 1.807) is 29.3 Å². The van der Waals surface area contributed by atoms with Crippen LogP contribution in [0.1, 0.15) is 18.4 Å². The normalized spacial score (nSPS) is 14.2. The summed E-state index contributed by atoms with van der Waals surface area (Å²) in [6, 6.07) is 9.91. The third kappa shape index (κ3) is 4.80. The van der Waals surface area contributed by atoms with Gasteiger partial charge in [0.05, 0.1) is 4.92 Å². The zero-order valence-corrected chi connectivity index (χ0v) is 17.5. The van der Waals surface area contributed by atoms with Gasteiger partial charge in [-0.3, -0.25) is 14.9 Å². The minimum absolute atomic E-state index is 0.0224. The van der Waals surface area contributed by atoms with Crippen LogP contribution in [0.5, 0.6) is 0 Å². The summed E-state index contributed by atoms with van der Waals surface area (Å²) in [5.41, 5.74) is 1.55. The maximum atomic E-state index is 12.5. The lowest BCUT2D eigenvalue weighted by atomic mass is 10.2. The van der Waals surface area contributed by atoms with E-state index in [0.717, 1.165) is 16.9 Å². The highest BCUT2D eigenvalue weighted by Crippen LogP contribution is 2.20. The lowest BCUT2D eigenvalue weighted by Gasteiger charge is -2.35. The minimum atomic E-state index is -0.450. The molecule has 0 bridgehead atoms. The van der Waals surface area contributed by atoms with Crippen molar-refractivity contribution >= 4 is 23.5 Å². The van der Waals surface area contributed by atoms with E-state index in [2.05, 4.69) is 20.0 Å². The third-order valence-electron chi connectivity index (χ3n) is 5.21. The number of pyridine rings is 1. The van der Waals surface area contributed by atoms with Gasteiger partial charge in [-0.2, -0.15) is 4.98 Å². The molecule has 0 radical (unpaired) electrons. The molecule has 0 unspecified atom stereocenters. The fraction of sp³-hybridized carbons (Fsp3) is 0.273. The number of non-ortho nitro benzene ring substituents is 1. The van der Waals surface area contributed by atoms with Crippen LogP contribution in [0.15, 0.2) is 53.2 Å². The average molecular weight is 434 g/mol. The van der Waals surface area contributed by atoms with Crippen molar-refractivity contribution in [3.8, 4) is 11.4 Å². The van der Waals surface area contributed by atoms with E-state index in [0.29, 0.717) is 44.3 Å². The number of piperazine rings is 1. The van der Waals surface area contributed by atoms with E-state index < -0.39 is 4.92 Å². The van der Waals surface area contributed by atoms with Crippen LogP contribution in [0.25, 0.3) is 17.5 Å². The summed E-state index contributed by atoms with van der Waals surface area (Å²) in [5.74, 6) is 1.86. The molecular weight excluding hydrogens is 412 g/mol. The summed E-state index contributed by atoms with van der Waals surface area (Å²) in [5, 5.41) is 14.7. The van der Waals surface area contributed by atoms with Gasteiger partial charge in [-0.1, -0.05) is 12.1 Å². The summed E-state index contributed by atoms with van der Waals surface area (Å²) in [6.45, 7) is 4.46. The SMILES string of the molecule is CCc1nc(-c2ccc(N3CCN(C(=O)/C=C\c4ccc([N+](=O)[O-])cc4)CC3)nc2)no1. The topological polar surface area (TPSA) is 118 Å². The lowest BCUT2D eigenvalue weighted by Crippen LogP contribution is -2.48. The first-order valence-corrected chi connectivity index (χ1v) is 10.3. The fourth-order valence-electron chi connectivity index (χ4n) is 3.36. The predicted octanol–water partition coefficient (Wildman–Crippen LogP) is 2.96. The van der Waals surface area contributed by atoms with Crippen molar-refractivity contribution < 1.29 is 14.2 Å². The van der Waals surface area contributed by atoms with Crippen molar-refractivity contribution in [3.05, 3.63) is 70.2 Å². The predicted molar refractivity (Wildman–Crippen MR) is 118 cm³/mol. The third-order valence-corrected chi connectivity index (χ3v) is 5.21. The van der Waals surface area contributed by atoms with E-state index in [4.69, 9.17) is 4.52 Å². The van der Waals surface area contributed by atoms with Crippen LogP contribution >= 0.6 is 0 Å². The highest BCUT2D eigenvalue weighted by atomic mass is 16.6. The van der Waals surface area contributed by atoms with Crippen molar-refractivity contribution in [2.45, 2.75) is 13.3 Å². The minimum Gasteiger partial charge on any atom is -0.353 e. The van der Waals surface area contributed by atoms with Gasteiger partial charge >= 0.3 is 0 Å². The molecule has 0 aliphatic carbocycles. The van der Waals surface area contributed by atoms with E-state index in [-0.39, 0.29) is 11.6 Å². The Bertz CT molecular complexity index is 1120. The van der Waals surface area contributed by atoms with Gasteiger partial charge in [-0.25, -0.2) is 4.98 Å². The Kier molecular flexibility index (Phi) is 6.20. The van der Waals surface area contributed by atoms with Gasteiger partial charge < -0.3 is 14.3 Å². The first-order valence-electron chi connectivity index (χ1n) is 10.3. The van der Waals surface area contributed by atoms with Gasteiger partial charge in [-0.05, 0) is 35.9 Å². The molecule has 0 atom stereocenters. The van der Waals surface area contributed by atoms with Crippen molar-refractivity contribution in [1.82, 2.24) is 20.0 Å². The van der Waals surface area contributed by atoms with Gasteiger partial charge in [0.1, 0.15) is 5.82 Å². The quantitative estimate of drug-likeness (QED) is 0.330. The molecule has 0 spiro atoms. The maximum absolute atomic E-state index is 12.5. The summed E-state index contributed by atoms with van der Waals surface area (Å²) >= 11 is 0. The van der Waals surface area contributed by atoms with E-state index in [1.165, 1.54) is 18.2 Å². The summed E-state index contributed by atoms with van der Waals surface area (Å²) < 4.78 is 5.14. The van der Waals surface area contributed by atoms with Crippen molar-refractivity contribution in [2.75, 3.05) is 31.1 Å². The number of carbonyl (C=O) groups is 1. The molecule has 1 amide bonds. The molecule has 3 heterocycles. The second-order valence-corrected chi connectivity index (χ2v) is 7.26. The number of rotatable bonds is 6. The Hall–Kier alpha value is -4.08. The molecule has 1 fully saturated rings. The highest BCUT2D eigenvalue weighted by molar-refractivity contribution is 5.92. The van der Waals surface area contributed by atoms with Crippen molar-refractivity contribution in [1.29, 1.82) is 0 Å². The molecule has 1 aliphatic heterocycles. The van der Waals surface area contributed by atoms with E-state index in [9.17, 15) is 14.9 Å². The highest BCUT2D eigenvalue weighted by Gasteiger charge is 2.21. The zero-order valence-electron chi connectivity index (χ0n) is 17.5. The molecular formula is C22H22N6O4. The van der Waals surface area contributed by atoms with Crippen molar-refractivity contribution in [3.63, 3.8) is 0 Å². The summed E-state index contributed by atoms with van der Waals surface area (Å²) in [4.78, 5) is 35.5. The Morgan fingerprint density at radius 1 is 1.16 bits per heavy atom. The molecule has 3 aromatic rings. The second kappa shape index (κ2) is 9.38. The number of benzene rings is 1. The fourth-order valence-corrected chi connectivity index (χ4v) is 3.36. The Morgan fingerprint density at radius 3 is 2.50 bits per heavy atom. The number of amides is 1.